The molecule has 2 unspecified atom stereocenters. The molecule has 0 spiro atoms. The largest absolute Gasteiger partial charge is 0.503 e. The topological polar surface area (TPSA) is 112 Å². The third kappa shape index (κ3) is 2.95. The Hall–Kier alpha value is -3.27. The number of nitrogens with one attached hydrogen (secondary N) is 1. The van der Waals surface area contributed by atoms with Gasteiger partial charge in [-0.05, 0) is 13.0 Å². The second-order valence-electron chi connectivity index (χ2n) is 7.32. The highest BCUT2D eigenvalue weighted by molar-refractivity contribution is 6.00. The summed E-state index contributed by atoms with van der Waals surface area (Å²) in [6.07, 6.45) is -1.01. The van der Waals surface area contributed by atoms with Crippen molar-refractivity contribution in [2.24, 2.45) is 0 Å². The summed E-state index contributed by atoms with van der Waals surface area (Å²) in [7, 11) is 0. The lowest BCUT2D eigenvalue weighted by Crippen LogP contribution is -2.44. The molecule has 2 aliphatic heterocycles. The Morgan fingerprint density at radius 3 is 2.70 bits per heavy atom. The molecule has 30 heavy (non-hydrogen) atoms. The molecular weight excluding hydrogens is 400 g/mol. The van der Waals surface area contributed by atoms with Crippen LogP contribution in [0.4, 0.5) is 8.78 Å². The van der Waals surface area contributed by atoms with E-state index in [1.54, 1.807) is 6.92 Å². The second kappa shape index (κ2) is 7.21. The Balaban J connectivity index is 1.75. The highest BCUT2D eigenvalue weighted by Gasteiger charge is 2.44. The number of benzene rings is 1. The molecule has 2 amide bonds. The lowest BCUT2D eigenvalue weighted by atomic mass is 10.1. The average Bonchev–Trinajstić information content (AvgIpc) is 3.02. The molecule has 0 bridgehead atoms. The summed E-state index contributed by atoms with van der Waals surface area (Å²) >= 11 is 0. The Labute approximate surface area is 169 Å². The van der Waals surface area contributed by atoms with Gasteiger partial charge in [0.1, 0.15) is 17.2 Å². The van der Waals surface area contributed by atoms with Crippen LogP contribution < -0.4 is 10.7 Å². The number of likely N-dealkylation sites (N-methyl/N-ethyl adjacent to an activating group) is 1. The van der Waals surface area contributed by atoms with E-state index in [4.69, 9.17) is 0 Å². The number of rotatable bonds is 4. The molecule has 8 nitrogen and oxygen atoms in total. The molecule has 0 saturated heterocycles. The molecule has 2 aromatic rings. The fourth-order valence-electron chi connectivity index (χ4n) is 4.15. The number of aromatic hydroxyl groups is 1. The van der Waals surface area contributed by atoms with Crippen LogP contribution in [-0.2, 0) is 6.54 Å². The number of aliphatic hydroxyl groups excluding tert-OH is 1. The van der Waals surface area contributed by atoms with Crippen molar-refractivity contribution in [1.29, 1.82) is 0 Å². The van der Waals surface area contributed by atoms with Gasteiger partial charge in [-0.25, -0.2) is 8.78 Å². The molecule has 0 radical (unpaired) electrons. The first-order valence-corrected chi connectivity index (χ1v) is 9.45. The molecule has 0 saturated carbocycles. The zero-order valence-corrected chi connectivity index (χ0v) is 16.0. The lowest BCUT2D eigenvalue weighted by molar-refractivity contribution is 0.0668. The van der Waals surface area contributed by atoms with Crippen LogP contribution in [0.1, 0.15) is 57.6 Å². The van der Waals surface area contributed by atoms with Crippen LogP contribution in [0, 0.1) is 11.6 Å². The van der Waals surface area contributed by atoms with E-state index in [9.17, 15) is 33.4 Å². The van der Waals surface area contributed by atoms with Crippen molar-refractivity contribution in [1.82, 2.24) is 14.8 Å². The minimum Gasteiger partial charge on any atom is -0.503 e. The molecule has 4 rings (SSSR count). The van der Waals surface area contributed by atoms with Gasteiger partial charge < -0.3 is 25.0 Å². The van der Waals surface area contributed by atoms with Gasteiger partial charge in [0.2, 0.25) is 5.43 Å². The van der Waals surface area contributed by atoms with Crippen molar-refractivity contribution in [3.8, 4) is 5.75 Å². The monoisotopic (exact) mass is 419 g/mol. The molecule has 0 aliphatic carbocycles. The van der Waals surface area contributed by atoms with Crippen molar-refractivity contribution in [2.45, 2.75) is 32.0 Å². The number of carbonyl (C=O) groups excluding carboxylic acids is 2. The number of halogens is 2. The Bertz CT molecular complexity index is 1130. The van der Waals surface area contributed by atoms with Gasteiger partial charge in [-0.3, -0.25) is 14.4 Å². The fraction of sp³-hybridized carbons (Fsp3) is 0.350. The maximum atomic E-state index is 13.8. The van der Waals surface area contributed by atoms with Crippen LogP contribution in [0.5, 0.6) is 5.75 Å². The number of aliphatic hydroxyl groups is 1. The summed E-state index contributed by atoms with van der Waals surface area (Å²) in [5.41, 5.74) is -1.87. The molecule has 1 aromatic carbocycles. The minimum atomic E-state index is -1.19. The van der Waals surface area contributed by atoms with Gasteiger partial charge in [0.05, 0.1) is 17.8 Å². The standard InChI is InChI=1S/C20H19F2N3O5/c1-2-24-8-11-6-13(26)15-14(17(27)18(28)16(20(24)30)25(11)15)19(29)23-7-9-3-4-10(21)5-12(9)22/h3-5,11,13,26,28H,2,6-8H2,1H3,(H,23,29). The number of amides is 2. The molecule has 3 heterocycles. The van der Waals surface area contributed by atoms with E-state index < -0.39 is 52.3 Å². The zero-order chi connectivity index (χ0) is 21.7. The molecule has 0 fully saturated rings. The van der Waals surface area contributed by atoms with Gasteiger partial charge in [0, 0.05) is 37.7 Å². The van der Waals surface area contributed by atoms with Gasteiger partial charge >= 0.3 is 0 Å². The van der Waals surface area contributed by atoms with Gasteiger partial charge in [-0.15, -0.1) is 0 Å². The molecule has 158 valence electrons. The van der Waals surface area contributed by atoms with E-state index in [-0.39, 0.29) is 36.5 Å². The van der Waals surface area contributed by atoms with Gasteiger partial charge in [0.15, 0.2) is 11.4 Å². The maximum absolute atomic E-state index is 13.8. The van der Waals surface area contributed by atoms with Gasteiger partial charge in [-0.2, -0.15) is 0 Å². The van der Waals surface area contributed by atoms with Crippen LogP contribution in [-0.4, -0.2) is 44.6 Å². The summed E-state index contributed by atoms with van der Waals surface area (Å²) in [5.74, 6) is -3.99. The number of aromatic nitrogens is 1. The van der Waals surface area contributed by atoms with Crippen LogP contribution in [0.3, 0.4) is 0 Å². The van der Waals surface area contributed by atoms with E-state index in [1.807, 2.05) is 0 Å². The second-order valence-corrected chi connectivity index (χ2v) is 7.32. The Morgan fingerprint density at radius 2 is 2.03 bits per heavy atom. The number of hydrogen-bond donors (Lipinski definition) is 3. The van der Waals surface area contributed by atoms with E-state index in [0.717, 1.165) is 12.1 Å². The summed E-state index contributed by atoms with van der Waals surface area (Å²) < 4.78 is 28.2. The van der Waals surface area contributed by atoms with Crippen molar-refractivity contribution < 1.29 is 28.6 Å². The van der Waals surface area contributed by atoms with Crippen LogP contribution in [0.2, 0.25) is 0 Å². The SMILES string of the molecule is CCN1CC2CC(O)c3c(C(=O)NCc4ccc(F)cc4F)c(=O)c(O)c(n32)C1=O. The summed E-state index contributed by atoms with van der Waals surface area (Å²) in [6, 6.07) is 2.46. The smallest absolute Gasteiger partial charge is 0.274 e. The molecular formula is C20H19F2N3O5. The Kier molecular flexibility index (Phi) is 4.81. The highest BCUT2D eigenvalue weighted by atomic mass is 19.1. The first kappa shape index (κ1) is 20.0. The Morgan fingerprint density at radius 1 is 1.30 bits per heavy atom. The van der Waals surface area contributed by atoms with Gasteiger partial charge in [0.25, 0.3) is 11.8 Å². The number of pyridine rings is 1. The predicted molar refractivity (Wildman–Crippen MR) is 100 cm³/mol. The molecule has 1 aromatic heterocycles. The van der Waals surface area contributed by atoms with Crippen molar-refractivity contribution in [2.75, 3.05) is 13.1 Å². The summed E-state index contributed by atoms with van der Waals surface area (Å²) in [5, 5.41) is 23.3. The maximum Gasteiger partial charge on any atom is 0.274 e. The van der Waals surface area contributed by atoms with E-state index in [1.165, 1.54) is 9.47 Å². The van der Waals surface area contributed by atoms with Crippen LogP contribution in [0.25, 0.3) is 0 Å². The molecule has 3 N–H and O–H groups in total. The van der Waals surface area contributed by atoms with E-state index >= 15 is 0 Å². The van der Waals surface area contributed by atoms with Gasteiger partial charge in [-0.1, -0.05) is 6.07 Å². The summed E-state index contributed by atoms with van der Waals surface area (Å²) in [4.78, 5) is 39.6. The van der Waals surface area contributed by atoms with E-state index in [2.05, 4.69) is 5.32 Å². The van der Waals surface area contributed by atoms with Crippen molar-refractivity contribution >= 4 is 11.8 Å². The normalized spacial score (nSPS) is 19.7. The third-order valence-corrected chi connectivity index (χ3v) is 5.58. The molecule has 2 atom stereocenters. The number of hydrogen-bond acceptors (Lipinski definition) is 5. The highest BCUT2D eigenvalue weighted by Crippen LogP contribution is 2.41. The minimum absolute atomic E-state index is 0.00403. The van der Waals surface area contributed by atoms with Crippen LogP contribution >= 0.6 is 0 Å². The summed E-state index contributed by atoms with van der Waals surface area (Å²) in [6.45, 7) is 2.05. The molecule has 2 aliphatic rings. The predicted octanol–water partition coefficient (Wildman–Crippen LogP) is 1.22. The third-order valence-electron chi connectivity index (χ3n) is 5.58. The molecule has 10 heteroatoms. The number of nitrogens with zero attached hydrogens (tertiary/aromatic N) is 2. The van der Waals surface area contributed by atoms with E-state index in [0.29, 0.717) is 12.6 Å². The quantitative estimate of drug-likeness (QED) is 0.690. The van der Waals surface area contributed by atoms with Crippen molar-refractivity contribution in [3.05, 3.63) is 62.6 Å². The lowest BCUT2D eigenvalue weighted by Gasteiger charge is -2.33. The first-order valence-electron chi connectivity index (χ1n) is 9.45. The zero-order valence-electron chi connectivity index (χ0n) is 16.0. The first-order chi connectivity index (χ1) is 14.2. The average molecular weight is 419 g/mol. The van der Waals surface area contributed by atoms with Crippen molar-refractivity contribution in [3.63, 3.8) is 0 Å². The van der Waals surface area contributed by atoms with Crippen LogP contribution in [0.15, 0.2) is 23.0 Å². The fourth-order valence-corrected chi connectivity index (χ4v) is 4.15. The number of carbonyl (C=O) groups is 2.